The molecule has 1 heterocycles. The Hall–Kier alpha value is -0.520. The Morgan fingerprint density at radius 3 is 3.07 bits per heavy atom. The van der Waals surface area contributed by atoms with Crippen LogP contribution in [0, 0.1) is 0 Å². The number of nitrogens with two attached hydrogens (primary N) is 1. The summed E-state index contributed by atoms with van der Waals surface area (Å²) in [5.74, 6) is 0.496. The fourth-order valence-corrected chi connectivity index (χ4v) is 2.67. The number of carbonyl (C=O) groups is 1. The molecule has 0 bridgehead atoms. The predicted octanol–water partition coefficient (Wildman–Crippen LogP) is 1.44. The monoisotopic (exact) mass is 231 g/mol. The van der Waals surface area contributed by atoms with E-state index in [0.717, 1.165) is 12.2 Å². The highest BCUT2D eigenvalue weighted by Gasteiger charge is 2.10. The van der Waals surface area contributed by atoms with Crippen LogP contribution < -0.4 is 5.73 Å². The maximum Gasteiger partial charge on any atom is 0.321 e. The summed E-state index contributed by atoms with van der Waals surface area (Å²) in [5, 5.41) is 10.6. The van der Waals surface area contributed by atoms with Gasteiger partial charge in [-0.25, -0.2) is 0 Å². The molecule has 5 heteroatoms. The third-order valence-electron chi connectivity index (χ3n) is 1.69. The molecular weight excluding hydrogens is 218 g/mol. The van der Waals surface area contributed by atoms with Crippen LogP contribution in [-0.2, 0) is 11.2 Å². The van der Waals surface area contributed by atoms with Gasteiger partial charge in [-0.05, 0) is 23.6 Å². The van der Waals surface area contributed by atoms with E-state index in [4.69, 9.17) is 10.8 Å². The van der Waals surface area contributed by atoms with Crippen molar-refractivity contribution in [2.45, 2.75) is 12.5 Å². The minimum Gasteiger partial charge on any atom is -0.480 e. The summed E-state index contributed by atoms with van der Waals surface area (Å²) < 4.78 is 0. The van der Waals surface area contributed by atoms with Crippen LogP contribution in [0.25, 0.3) is 0 Å². The molecule has 0 radical (unpaired) electrons. The number of hydrogen-bond donors (Lipinski definition) is 2. The summed E-state index contributed by atoms with van der Waals surface area (Å²) in [5.41, 5.74) is 5.36. The highest BCUT2D eigenvalue weighted by Crippen LogP contribution is 2.12. The fraction of sp³-hybridized carbons (Fsp3) is 0.444. The quantitative estimate of drug-likeness (QED) is 0.727. The molecule has 0 fully saturated rings. The molecule has 0 aliphatic heterocycles. The van der Waals surface area contributed by atoms with Gasteiger partial charge >= 0.3 is 5.97 Å². The molecule has 0 unspecified atom stereocenters. The third-order valence-corrected chi connectivity index (χ3v) is 3.71. The number of carboxylic acid groups (broad SMARTS) is 1. The van der Waals surface area contributed by atoms with Crippen LogP contribution in [0.4, 0.5) is 0 Å². The van der Waals surface area contributed by atoms with Gasteiger partial charge in [0.15, 0.2) is 0 Å². The molecule has 0 saturated carbocycles. The number of thiophene rings is 1. The Labute approximate surface area is 91.3 Å². The maximum atomic E-state index is 10.4. The first kappa shape index (κ1) is 11.6. The molecular formula is C9H13NO2S2. The van der Waals surface area contributed by atoms with Crippen molar-refractivity contribution in [1.82, 2.24) is 0 Å². The molecule has 0 spiro atoms. The zero-order valence-electron chi connectivity index (χ0n) is 7.68. The molecule has 0 amide bonds. The second-order valence-electron chi connectivity index (χ2n) is 2.85. The first-order chi connectivity index (χ1) is 6.70. The summed E-state index contributed by atoms with van der Waals surface area (Å²) >= 11 is 3.32. The van der Waals surface area contributed by atoms with Crippen LogP contribution >= 0.6 is 23.1 Å². The van der Waals surface area contributed by atoms with Crippen molar-refractivity contribution in [3.05, 3.63) is 22.4 Å². The van der Waals surface area contributed by atoms with Crippen LogP contribution in [0.2, 0.25) is 0 Å². The third kappa shape index (κ3) is 4.13. The van der Waals surface area contributed by atoms with Gasteiger partial charge in [-0.2, -0.15) is 11.8 Å². The molecule has 0 aliphatic rings. The van der Waals surface area contributed by atoms with E-state index in [0.29, 0.717) is 5.75 Å². The van der Waals surface area contributed by atoms with E-state index in [1.54, 1.807) is 23.1 Å². The van der Waals surface area contributed by atoms with E-state index >= 15 is 0 Å². The number of aliphatic carboxylic acids is 1. The topological polar surface area (TPSA) is 63.3 Å². The minimum atomic E-state index is -0.923. The van der Waals surface area contributed by atoms with E-state index in [1.165, 1.54) is 4.88 Å². The normalized spacial score (nSPS) is 12.6. The number of carboxylic acids is 1. The molecule has 1 aromatic rings. The van der Waals surface area contributed by atoms with Crippen molar-refractivity contribution < 1.29 is 9.90 Å². The summed E-state index contributed by atoms with van der Waals surface area (Å²) in [4.78, 5) is 11.7. The molecule has 3 nitrogen and oxygen atoms in total. The zero-order valence-corrected chi connectivity index (χ0v) is 9.31. The van der Waals surface area contributed by atoms with Crippen molar-refractivity contribution in [2.24, 2.45) is 5.73 Å². The smallest absolute Gasteiger partial charge is 0.321 e. The second-order valence-corrected chi connectivity index (χ2v) is 5.03. The average molecular weight is 231 g/mol. The number of aryl methyl sites for hydroxylation is 1. The van der Waals surface area contributed by atoms with Crippen molar-refractivity contribution in [3.63, 3.8) is 0 Å². The summed E-state index contributed by atoms with van der Waals surface area (Å²) in [6.45, 7) is 0. The fourth-order valence-electron chi connectivity index (χ4n) is 0.909. The van der Waals surface area contributed by atoms with Gasteiger partial charge in [0.05, 0.1) is 0 Å². The Balaban J connectivity index is 2.08. The highest BCUT2D eigenvalue weighted by molar-refractivity contribution is 7.99. The SMILES string of the molecule is N[C@H](CSCCc1cccs1)C(=O)O. The molecule has 1 aromatic heterocycles. The standard InChI is InChI=1S/C9H13NO2S2/c10-8(9(11)12)6-13-5-3-7-2-1-4-14-7/h1-2,4,8H,3,5-6,10H2,(H,11,12)/t8-/m1/s1. The van der Waals surface area contributed by atoms with Crippen molar-refractivity contribution in [2.75, 3.05) is 11.5 Å². The molecule has 0 aliphatic carbocycles. The zero-order chi connectivity index (χ0) is 10.4. The van der Waals surface area contributed by atoms with Gasteiger partial charge in [0.1, 0.15) is 6.04 Å². The molecule has 1 rings (SSSR count). The lowest BCUT2D eigenvalue weighted by Crippen LogP contribution is -2.32. The van der Waals surface area contributed by atoms with E-state index in [2.05, 4.69) is 6.07 Å². The number of thioether (sulfide) groups is 1. The lowest BCUT2D eigenvalue weighted by Gasteiger charge is -2.04. The second kappa shape index (κ2) is 6.06. The first-order valence-corrected chi connectivity index (χ1v) is 6.32. The average Bonchev–Trinajstić information content (AvgIpc) is 2.64. The predicted molar refractivity (Wildman–Crippen MR) is 61.0 cm³/mol. The molecule has 78 valence electrons. The summed E-state index contributed by atoms with van der Waals surface area (Å²) in [7, 11) is 0. The largest absolute Gasteiger partial charge is 0.480 e. The van der Waals surface area contributed by atoms with Gasteiger partial charge < -0.3 is 10.8 Å². The van der Waals surface area contributed by atoms with E-state index in [1.807, 2.05) is 11.4 Å². The van der Waals surface area contributed by atoms with E-state index in [9.17, 15) is 4.79 Å². The summed E-state index contributed by atoms with van der Waals surface area (Å²) in [6, 6.07) is 3.37. The van der Waals surface area contributed by atoms with Crippen LogP contribution in [0.3, 0.4) is 0 Å². The van der Waals surface area contributed by atoms with Crippen LogP contribution in [0.5, 0.6) is 0 Å². The Morgan fingerprint density at radius 2 is 2.50 bits per heavy atom. The number of rotatable bonds is 6. The van der Waals surface area contributed by atoms with Gasteiger partial charge in [-0.15, -0.1) is 11.3 Å². The Morgan fingerprint density at radius 1 is 1.71 bits per heavy atom. The Bertz CT molecular complexity index is 274. The van der Waals surface area contributed by atoms with Gasteiger partial charge in [0.2, 0.25) is 0 Å². The van der Waals surface area contributed by atoms with Crippen molar-refractivity contribution in [1.29, 1.82) is 0 Å². The van der Waals surface area contributed by atoms with Gasteiger partial charge in [-0.1, -0.05) is 6.07 Å². The van der Waals surface area contributed by atoms with Gasteiger partial charge in [0.25, 0.3) is 0 Å². The lowest BCUT2D eigenvalue weighted by molar-refractivity contribution is -0.137. The van der Waals surface area contributed by atoms with Gasteiger partial charge in [-0.3, -0.25) is 4.79 Å². The molecule has 1 atom stereocenters. The first-order valence-electron chi connectivity index (χ1n) is 4.28. The summed E-state index contributed by atoms with van der Waals surface area (Å²) in [6.07, 6.45) is 0.995. The van der Waals surface area contributed by atoms with Gasteiger partial charge in [0, 0.05) is 10.6 Å². The number of hydrogen-bond acceptors (Lipinski definition) is 4. The maximum absolute atomic E-state index is 10.4. The minimum absolute atomic E-state index is 0.487. The van der Waals surface area contributed by atoms with Crippen molar-refractivity contribution >= 4 is 29.1 Å². The lowest BCUT2D eigenvalue weighted by atomic mass is 10.4. The molecule has 0 aromatic carbocycles. The van der Waals surface area contributed by atoms with Crippen LogP contribution in [0.15, 0.2) is 17.5 Å². The highest BCUT2D eigenvalue weighted by atomic mass is 32.2. The Kier molecular flexibility index (Phi) is 5.00. The van der Waals surface area contributed by atoms with E-state index < -0.39 is 12.0 Å². The molecule has 0 saturated heterocycles. The van der Waals surface area contributed by atoms with Crippen LogP contribution in [-0.4, -0.2) is 28.6 Å². The molecule has 3 N–H and O–H groups in total. The van der Waals surface area contributed by atoms with Crippen LogP contribution in [0.1, 0.15) is 4.88 Å². The van der Waals surface area contributed by atoms with E-state index in [-0.39, 0.29) is 0 Å². The molecule has 14 heavy (non-hydrogen) atoms. The van der Waals surface area contributed by atoms with Crippen molar-refractivity contribution in [3.8, 4) is 0 Å².